The van der Waals surface area contributed by atoms with E-state index >= 15 is 0 Å². The normalized spacial score (nSPS) is 18.3. The Morgan fingerprint density at radius 2 is 2.03 bits per heavy atom. The number of rotatable bonds is 6. The van der Waals surface area contributed by atoms with Crippen molar-refractivity contribution in [2.24, 2.45) is 7.05 Å². The molecule has 0 bridgehead atoms. The highest BCUT2D eigenvalue weighted by Gasteiger charge is 2.53. The largest absolute Gasteiger partial charge is 0.344 e. The summed E-state index contributed by atoms with van der Waals surface area (Å²) in [6.45, 7) is 0.633. The molecule has 0 radical (unpaired) electrons. The summed E-state index contributed by atoms with van der Waals surface area (Å²) in [7, 11) is -1.39. The zero-order valence-electron chi connectivity index (χ0n) is 18.0. The van der Waals surface area contributed by atoms with Crippen LogP contribution in [0.4, 0.5) is 0 Å². The van der Waals surface area contributed by atoms with Gasteiger partial charge in [-0.25, -0.2) is 18.4 Å². The average Bonchev–Trinajstić information content (AvgIpc) is 3.14. The molecule has 4 aromatic heterocycles. The second-order valence-electron chi connectivity index (χ2n) is 8.90. The van der Waals surface area contributed by atoms with E-state index < -0.39 is 15.6 Å². The van der Waals surface area contributed by atoms with Gasteiger partial charge in [0.05, 0.1) is 35.2 Å². The quantitative estimate of drug-likeness (QED) is 0.433. The second-order valence-corrected chi connectivity index (χ2v) is 11.1. The van der Waals surface area contributed by atoms with Crippen molar-refractivity contribution in [1.29, 1.82) is 5.26 Å². The predicted octanol–water partition coefficient (Wildman–Crippen LogP) is 2.02. The molecule has 168 valence electrons. The maximum atomic E-state index is 12.6. The Kier molecular flexibility index (Phi) is 4.27. The van der Waals surface area contributed by atoms with E-state index in [1.165, 1.54) is 4.31 Å². The number of nitriles is 1. The van der Waals surface area contributed by atoms with Crippen LogP contribution in [0.3, 0.4) is 0 Å². The maximum absolute atomic E-state index is 12.6. The van der Waals surface area contributed by atoms with E-state index in [0.29, 0.717) is 13.1 Å². The van der Waals surface area contributed by atoms with Gasteiger partial charge in [-0.15, -0.1) is 0 Å². The molecule has 10 nitrogen and oxygen atoms in total. The highest BCUT2D eigenvalue weighted by atomic mass is 32.2. The Morgan fingerprint density at radius 3 is 2.73 bits per heavy atom. The molecule has 1 saturated heterocycles. The minimum absolute atomic E-state index is 0.238. The van der Waals surface area contributed by atoms with Gasteiger partial charge in [-0.05, 0) is 18.9 Å². The molecule has 6 rings (SSSR count). The Bertz CT molecular complexity index is 1510. The third-order valence-corrected chi connectivity index (χ3v) is 8.84. The van der Waals surface area contributed by atoms with Gasteiger partial charge < -0.3 is 4.57 Å². The van der Waals surface area contributed by atoms with Gasteiger partial charge in [0.1, 0.15) is 11.5 Å². The minimum atomic E-state index is -3.25. The SMILES string of the molecule is Cn1cc(-c2cc3nccn3c(-c3ccn(C4(CC#N)CN(S(=O)(=O)C5CC5)C4)c3)n2)cn1. The van der Waals surface area contributed by atoms with Crippen LogP contribution in [0.2, 0.25) is 0 Å². The summed E-state index contributed by atoms with van der Waals surface area (Å²) >= 11 is 0. The van der Waals surface area contributed by atoms with Gasteiger partial charge in [0.15, 0.2) is 0 Å². The first kappa shape index (κ1) is 20.1. The number of aryl methyl sites for hydroxylation is 1. The highest BCUT2D eigenvalue weighted by molar-refractivity contribution is 7.90. The molecule has 1 saturated carbocycles. The minimum Gasteiger partial charge on any atom is -0.344 e. The molecule has 1 aliphatic carbocycles. The van der Waals surface area contributed by atoms with E-state index in [1.807, 2.05) is 52.9 Å². The van der Waals surface area contributed by atoms with E-state index in [9.17, 15) is 13.7 Å². The van der Waals surface area contributed by atoms with Crippen molar-refractivity contribution in [3.8, 4) is 28.7 Å². The van der Waals surface area contributed by atoms with Crippen LogP contribution in [0, 0.1) is 11.3 Å². The van der Waals surface area contributed by atoms with Crippen LogP contribution in [-0.4, -0.2) is 59.8 Å². The summed E-state index contributed by atoms with van der Waals surface area (Å²) in [4.78, 5) is 9.32. The lowest BCUT2D eigenvalue weighted by molar-refractivity contribution is 0.0848. The topological polar surface area (TPSA) is 114 Å². The number of nitrogens with zero attached hydrogens (tertiary/aromatic N) is 8. The van der Waals surface area contributed by atoms with Crippen LogP contribution in [0.15, 0.2) is 49.3 Å². The zero-order chi connectivity index (χ0) is 22.8. The molecule has 0 spiro atoms. The van der Waals surface area contributed by atoms with Crippen LogP contribution in [-0.2, 0) is 22.6 Å². The van der Waals surface area contributed by atoms with Gasteiger partial charge in [-0.1, -0.05) is 0 Å². The Hall–Kier alpha value is -3.49. The van der Waals surface area contributed by atoms with Crippen molar-refractivity contribution in [2.75, 3.05) is 13.1 Å². The zero-order valence-corrected chi connectivity index (χ0v) is 18.9. The lowest BCUT2D eigenvalue weighted by Gasteiger charge is -2.49. The first-order chi connectivity index (χ1) is 15.9. The smallest absolute Gasteiger partial charge is 0.217 e. The molecule has 33 heavy (non-hydrogen) atoms. The monoisotopic (exact) mass is 462 g/mol. The molecule has 0 unspecified atom stereocenters. The van der Waals surface area contributed by atoms with Crippen LogP contribution >= 0.6 is 0 Å². The number of hydrogen-bond acceptors (Lipinski definition) is 6. The average molecular weight is 463 g/mol. The lowest BCUT2D eigenvalue weighted by atomic mass is 9.89. The Morgan fingerprint density at radius 1 is 1.21 bits per heavy atom. The molecular formula is C22H22N8O2S. The van der Waals surface area contributed by atoms with E-state index in [4.69, 9.17) is 4.98 Å². The van der Waals surface area contributed by atoms with Gasteiger partial charge in [-0.3, -0.25) is 9.08 Å². The summed E-state index contributed by atoms with van der Waals surface area (Å²) in [5.41, 5.74) is 2.73. The fourth-order valence-corrected chi connectivity index (χ4v) is 6.53. The van der Waals surface area contributed by atoms with Crippen LogP contribution in [0.25, 0.3) is 28.3 Å². The van der Waals surface area contributed by atoms with Crippen molar-refractivity contribution in [2.45, 2.75) is 30.1 Å². The Balaban J connectivity index is 1.37. The number of fused-ring (bicyclic) bond motifs is 1. The summed E-state index contributed by atoms with van der Waals surface area (Å²) in [6.07, 6.45) is 12.8. The first-order valence-electron chi connectivity index (χ1n) is 10.8. The van der Waals surface area contributed by atoms with Crippen molar-refractivity contribution in [3.63, 3.8) is 0 Å². The van der Waals surface area contributed by atoms with Gasteiger partial charge >= 0.3 is 0 Å². The summed E-state index contributed by atoms with van der Waals surface area (Å²) < 4.78 is 32.4. The van der Waals surface area contributed by atoms with Crippen LogP contribution < -0.4 is 0 Å². The third-order valence-electron chi connectivity index (χ3n) is 6.54. The molecule has 1 aliphatic heterocycles. The molecule has 0 aromatic carbocycles. The fourth-order valence-electron chi connectivity index (χ4n) is 4.53. The van der Waals surface area contributed by atoms with Crippen molar-refractivity contribution in [1.82, 2.24) is 33.0 Å². The molecule has 5 heterocycles. The maximum Gasteiger partial charge on any atom is 0.217 e. The van der Waals surface area contributed by atoms with Crippen LogP contribution in [0.1, 0.15) is 19.3 Å². The molecule has 4 aromatic rings. The van der Waals surface area contributed by atoms with Gasteiger partial charge in [-0.2, -0.15) is 14.7 Å². The Labute approximate surface area is 190 Å². The first-order valence-corrected chi connectivity index (χ1v) is 12.3. The fraction of sp³-hybridized carbons (Fsp3) is 0.364. The number of imidazole rings is 1. The van der Waals surface area contributed by atoms with E-state index in [-0.39, 0.29) is 11.7 Å². The van der Waals surface area contributed by atoms with Gasteiger partial charge in [0.2, 0.25) is 10.0 Å². The summed E-state index contributed by atoms with van der Waals surface area (Å²) in [5, 5.41) is 13.5. The standard InChI is InChI=1S/C22H22N8O2S/c1-27-12-17(11-25-27)19-10-20-24-7-9-30(20)21(26-19)16-4-8-28(13-16)22(5-6-23)14-29(15-22)33(31,32)18-2-3-18/h4,7-13,18H,2-3,5,14-15H2,1H3. The van der Waals surface area contributed by atoms with E-state index in [2.05, 4.69) is 16.2 Å². The third kappa shape index (κ3) is 3.17. The van der Waals surface area contributed by atoms with Crippen molar-refractivity contribution >= 4 is 15.7 Å². The van der Waals surface area contributed by atoms with E-state index in [0.717, 1.165) is 41.1 Å². The van der Waals surface area contributed by atoms with Crippen LogP contribution in [0.5, 0.6) is 0 Å². The molecule has 0 N–H and O–H groups in total. The number of sulfonamides is 1. The molecule has 0 atom stereocenters. The lowest BCUT2D eigenvalue weighted by Crippen LogP contribution is -2.64. The second kappa shape index (κ2) is 7.00. The highest BCUT2D eigenvalue weighted by Crippen LogP contribution is 2.41. The van der Waals surface area contributed by atoms with Crippen molar-refractivity contribution in [3.05, 3.63) is 49.3 Å². The molecule has 11 heteroatoms. The van der Waals surface area contributed by atoms with E-state index in [1.54, 1.807) is 17.1 Å². The van der Waals surface area contributed by atoms with Gasteiger partial charge in [0.25, 0.3) is 0 Å². The van der Waals surface area contributed by atoms with Crippen molar-refractivity contribution < 1.29 is 8.42 Å². The predicted molar refractivity (Wildman–Crippen MR) is 120 cm³/mol. The number of aromatic nitrogens is 6. The summed E-state index contributed by atoms with van der Waals surface area (Å²) in [5.74, 6) is 0.719. The molecule has 2 aliphatic rings. The number of hydrogen-bond donors (Lipinski definition) is 0. The molecule has 0 amide bonds. The molecular weight excluding hydrogens is 440 g/mol. The molecule has 2 fully saturated rings. The van der Waals surface area contributed by atoms with Gasteiger partial charge in [0, 0.05) is 68.3 Å². The summed E-state index contributed by atoms with van der Waals surface area (Å²) in [6, 6.07) is 6.12.